The number of rotatable bonds is 4. The largest absolute Gasteiger partial charge is 0.352 e. The summed E-state index contributed by atoms with van der Waals surface area (Å²) in [5.41, 5.74) is 10.3. The lowest BCUT2D eigenvalue weighted by Gasteiger charge is -2.31. The topological polar surface area (TPSA) is 42.1 Å². The minimum absolute atomic E-state index is 0.213. The van der Waals surface area contributed by atoms with Crippen molar-refractivity contribution in [1.29, 1.82) is 0 Å². The summed E-state index contributed by atoms with van der Waals surface area (Å²) < 4.78 is 0. The van der Waals surface area contributed by atoms with Crippen molar-refractivity contribution in [3.8, 4) is 0 Å². The molecule has 2 aromatic rings. The lowest BCUT2D eigenvalue weighted by molar-refractivity contribution is 0.638. The van der Waals surface area contributed by atoms with Crippen LogP contribution in [-0.2, 0) is 19.4 Å². The molecule has 0 aliphatic carbocycles. The Balaban J connectivity index is 1.85. The van der Waals surface area contributed by atoms with Gasteiger partial charge in [-0.3, -0.25) is 0 Å². The maximum absolute atomic E-state index is 6.13. The standard InChI is InChI=1S/C18H23N3/c1-2-17(19)12-15-8-5-10-20-18(15)21-11-9-14-6-3-4-7-16(14)13-21/h3-8,10,17H,2,9,11-13,19H2,1H3. The molecule has 1 aliphatic rings. The third-order valence-corrected chi connectivity index (χ3v) is 4.30. The zero-order valence-corrected chi connectivity index (χ0v) is 12.6. The van der Waals surface area contributed by atoms with Gasteiger partial charge in [-0.05, 0) is 42.0 Å². The molecule has 1 atom stereocenters. The molecule has 0 bridgehead atoms. The Hall–Kier alpha value is -1.87. The van der Waals surface area contributed by atoms with Crippen molar-refractivity contribution in [2.75, 3.05) is 11.4 Å². The maximum Gasteiger partial charge on any atom is 0.132 e. The molecule has 0 radical (unpaired) electrons. The number of nitrogens with two attached hydrogens (primary N) is 1. The van der Waals surface area contributed by atoms with Crippen LogP contribution in [0.15, 0.2) is 42.6 Å². The predicted molar refractivity (Wildman–Crippen MR) is 87.4 cm³/mol. The molecule has 2 N–H and O–H groups in total. The van der Waals surface area contributed by atoms with Gasteiger partial charge in [-0.15, -0.1) is 0 Å². The quantitative estimate of drug-likeness (QED) is 0.937. The molecular formula is C18H23N3. The van der Waals surface area contributed by atoms with Gasteiger partial charge >= 0.3 is 0 Å². The monoisotopic (exact) mass is 281 g/mol. The summed E-state index contributed by atoms with van der Waals surface area (Å²) in [6, 6.07) is 13.1. The van der Waals surface area contributed by atoms with Crippen LogP contribution >= 0.6 is 0 Å². The van der Waals surface area contributed by atoms with E-state index in [1.165, 1.54) is 16.7 Å². The highest BCUT2D eigenvalue weighted by atomic mass is 15.2. The normalized spacial score (nSPS) is 15.6. The van der Waals surface area contributed by atoms with Crippen molar-refractivity contribution in [1.82, 2.24) is 4.98 Å². The number of anilines is 1. The average molecular weight is 281 g/mol. The highest BCUT2D eigenvalue weighted by Gasteiger charge is 2.19. The summed E-state index contributed by atoms with van der Waals surface area (Å²) in [7, 11) is 0. The SMILES string of the molecule is CCC(N)Cc1cccnc1N1CCc2ccccc2C1. The third kappa shape index (κ3) is 3.08. The van der Waals surface area contributed by atoms with Crippen molar-refractivity contribution in [2.45, 2.75) is 38.8 Å². The predicted octanol–water partition coefficient (Wildman–Crippen LogP) is 2.92. The summed E-state index contributed by atoms with van der Waals surface area (Å²) in [6.07, 6.45) is 4.87. The van der Waals surface area contributed by atoms with Gasteiger partial charge in [-0.25, -0.2) is 4.98 Å². The smallest absolute Gasteiger partial charge is 0.132 e. The zero-order valence-electron chi connectivity index (χ0n) is 12.6. The first kappa shape index (κ1) is 14.1. The van der Waals surface area contributed by atoms with E-state index in [-0.39, 0.29) is 6.04 Å². The summed E-state index contributed by atoms with van der Waals surface area (Å²) >= 11 is 0. The Morgan fingerprint density at radius 3 is 2.81 bits per heavy atom. The Bertz CT molecular complexity index is 609. The molecular weight excluding hydrogens is 258 g/mol. The van der Waals surface area contributed by atoms with Crippen LogP contribution in [0.4, 0.5) is 5.82 Å². The highest BCUT2D eigenvalue weighted by Crippen LogP contribution is 2.26. The number of fused-ring (bicyclic) bond motifs is 1. The van der Waals surface area contributed by atoms with E-state index < -0.39 is 0 Å². The first-order valence-electron chi connectivity index (χ1n) is 7.79. The van der Waals surface area contributed by atoms with Gasteiger partial charge in [0.2, 0.25) is 0 Å². The Morgan fingerprint density at radius 1 is 1.19 bits per heavy atom. The van der Waals surface area contributed by atoms with Crippen LogP contribution in [0.5, 0.6) is 0 Å². The van der Waals surface area contributed by atoms with Crippen LogP contribution in [0.25, 0.3) is 0 Å². The molecule has 1 aliphatic heterocycles. The van der Waals surface area contributed by atoms with Crippen LogP contribution in [0.1, 0.15) is 30.0 Å². The van der Waals surface area contributed by atoms with Crippen LogP contribution in [0.3, 0.4) is 0 Å². The van der Waals surface area contributed by atoms with Crippen LogP contribution in [-0.4, -0.2) is 17.6 Å². The molecule has 3 nitrogen and oxygen atoms in total. The van der Waals surface area contributed by atoms with E-state index in [1.807, 2.05) is 12.3 Å². The van der Waals surface area contributed by atoms with Crippen molar-refractivity contribution >= 4 is 5.82 Å². The van der Waals surface area contributed by atoms with Gasteiger partial charge in [-0.1, -0.05) is 37.3 Å². The molecule has 1 aromatic carbocycles. The van der Waals surface area contributed by atoms with E-state index in [0.717, 1.165) is 38.2 Å². The molecule has 2 heterocycles. The third-order valence-electron chi connectivity index (χ3n) is 4.30. The van der Waals surface area contributed by atoms with Crippen molar-refractivity contribution in [3.63, 3.8) is 0 Å². The number of hydrogen-bond donors (Lipinski definition) is 1. The fraction of sp³-hybridized carbons (Fsp3) is 0.389. The maximum atomic E-state index is 6.13. The minimum atomic E-state index is 0.213. The van der Waals surface area contributed by atoms with Crippen molar-refractivity contribution < 1.29 is 0 Å². The van der Waals surface area contributed by atoms with E-state index >= 15 is 0 Å². The van der Waals surface area contributed by atoms with Gasteiger partial charge in [0.25, 0.3) is 0 Å². The van der Waals surface area contributed by atoms with Gasteiger partial charge in [-0.2, -0.15) is 0 Å². The van der Waals surface area contributed by atoms with Gasteiger partial charge in [0.05, 0.1) is 0 Å². The molecule has 0 amide bonds. The molecule has 0 saturated carbocycles. The highest BCUT2D eigenvalue weighted by molar-refractivity contribution is 5.50. The first-order valence-corrected chi connectivity index (χ1v) is 7.79. The Morgan fingerprint density at radius 2 is 2.00 bits per heavy atom. The van der Waals surface area contributed by atoms with Crippen molar-refractivity contribution in [3.05, 3.63) is 59.3 Å². The summed E-state index contributed by atoms with van der Waals surface area (Å²) in [5, 5.41) is 0. The number of benzene rings is 1. The second-order valence-corrected chi connectivity index (χ2v) is 5.80. The Kier molecular flexibility index (Phi) is 4.20. The van der Waals surface area contributed by atoms with Gasteiger partial charge in [0.15, 0.2) is 0 Å². The number of nitrogens with zero attached hydrogens (tertiary/aromatic N) is 2. The van der Waals surface area contributed by atoms with E-state index in [1.54, 1.807) is 0 Å². The minimum Gasteiger partial charge on any atom is -0.352 e. The lowest BCUT2D eigenvalue weighted by Crippen LogP contribution is -2.32. The fourth-order valence-electron chi connectivity index (χ4n) is 2.98. The number of aromatic nitrogens is 1. The molecule has 3 rings (SSSR count). The van der Waals surface area contributed by atoms with Gasteiger partial charge in [0, 0.05) is 25.3 Å². The van der Waals surface area contributed by atoms with E-state index in [0.29, 0.717) is 0 Å². The van der Waals surface area contributed by atoms with Crippen LogP contribution < -0.4 is 10.6 Å². The second-order valence-electron chi connectivity index (χ2n) is 5.80. The number of hydrogen-bond acceptors (Lipinski definition) is 3. The summed E-state index contributed by atoms with van der Waals surface area (Å²) in [4.78, 5) is 7.02. The summed E-state index contributed by atoms with van der Waals surface area (Å²) in [6.45, 7) is 4.11. The first-order chi connectivity index (χ1) is 10.3. The molecule has 3 heteroatoms. The number of pyridine rings is 1. The van der Waals surface area contributed by atoms with Gasteiger partial charge < -0.3 is 10.6 Å². The second kappa shape index (κ2) is 6.27. The zero-order chi connectivity index (χ0) is 14.7. The van der Waals surface area contributed by atoms with E-state index in [4.69, 9.17) is 5.73 Å². The van der Waals surface area contributed by atoms with Crippen LogP contribution in [0.2, 0.25) is 0 Å². The molecule has 21 heavy (non-hydrogen) atoms. The summed E-state index contributed by atoms with van der Waals surface area (Å²) in [5.74, 6) is 1.11. The van der Waals surface area contributed by atoms with Gasteiger partial charge in [0.1, 0.15) is 5.82 Å². The molecule has 0 saturated heterocycles. The molecule has 110 valence electrons. The molecule has 0 spiro atoms. The average Bonchev–Trinajstić information content (AvgIpc) is 2.55. The van der Waals surface area contributed by atoms with E-state index in [2.05, 4.69) is 47.1 Å². The molecule has 1 aromatic heterocycles. The lowest BCUT2D eigenvalue weighted by atomic mass is 9.98. The van der Waals surface area contributed by atoms with Crippen LogP contribution in [0, 0.1) is 0 Å². The molecule has 0 fully saturated rings. The Labute approximate surface area is 126 Å². The van der Waals surface area contributed by atoms with E-state index in [9.17, 15) is 0 Å². The molecule has 1 unspecified atom stereocenters. The fourth-order valence-corrected chi connectivity index (χ4v) is 2.98. The van der Waals surface area contributed by atoms with Crippen molar-refractivity contribution in [2.24, 2.45) is 5.73 Å².